The molecule has 9 nitrogen and oxygen atoms in total. The lowest BCUT2D eigenvalue weighted by molar-refractivity contribution is 0.581. The van der Waals surface area contributed by atoms with E-state index in [1.165, 1.54) is 9.71 Å². The Morgan fingerprint density at radius 3 is 2.60 bits per heavy atom. The molecule has 10 heteroatoms. The molecule has 4 heterocycles. The van der Waals surface area contributed by atoms with E-state index in [9.17, 15) is 8.42 Å². The zero-order chi connectivity index (χ0) is 20.6. The van der Waals surface area contributed by atoms with Gasteiger partial charge in [-0.25, -0.2) is 22.7 Å². The van der Waals surface area contributed by atoms with Crippen LogP contribution in [0.4, 0.5) is 23.3 Å². The van der Waals surface area contributed by atoms with Crippen LogP contribution < -0.4 is 19.8 Å². The van der Waals surface area contributed by atoms with Crippen LogP contribution in [0.1, 0.15) is 31.2 Å². The van der Waals surface area contributed by atoms with E-state index in [2.05, 4.69) is 30.5 Å². The topological polar surface area (TPSA) is 103 Å². The maximum atomic E-state index is 12.7. The Kier molecular flexibility index (Phi) is 5.03. The van der Waals surface area contributed by atoms with E-state index >= 15 is 0 Å². The zero-order valence-corrected chi connectivity index (χ0v) is 17.5. The Bertz CT molecular complexity index is 1040. The predicted molar refractivity (Wildman–Crippen MR) is 117 cm³/mol. The molecule has 1 saturated heterocycles. The summed E-state index contributed by atoms with van der Waals surface area (Å²) in [7, 11) is -3.52. The minimum Gasteiger partial charge on any atom is -0.368 e. The number of anilines is 4. The van der Waals surface area contributed by atoms with Gasteiger partial charge >= 0.3 is 0 Å². The van der Waals surface area contributed by atoms with Crippen molar-refractivity contribution in [3.8, 4) is 0 Å². The molecule has 2 fully saturated rings. The number of nitrogens with one attached hydrogen (secondary N) is 2. The van der Waals surface area contributed by atoms with Crippen molar-refractivity contribution in [3.63, 3.8) is 0 Å². The van der Waals surface area contributed by atoms with Gasteiger partial charge in [0.25, 0.3) is 10.0 Å². The summed E-state index contributed by atoms with van der Waals surface area (Å²) in [6, 6.07) is 3.88. The maximum absolute atomic E-state index is 12.7. The Morgan fingerprint density at radius 1 is 1.07 bits per heavy atom. The summed E-state index contributed by atoms with van der Waals surface area (Å²) in [5, 5.41) is 7.70. The second-order valence-electron chi connectivity index (χ2n) is 7.82. The summed E-state index contributed by atoms with van der Waals surface area (Å²) >= 11 is 0. The van der Waals surface area contributed by atoms with Crippen molar-refractivity contribution in [3.05, 3.63) is 35.5 Å². The van der Waals surface area contributed by atoms with Crippen LogP contribution in [0.25, 0.3) is 6.08 Å². The number of sulfonamides is 1. The predicted octanol–water partition coefficient (Wildman–Crippen LogP) is 2.09. The monoisotopic (exact) mass is 427 g/mol. The summed E-state index contributed by atoms with van der Waals surface area (Å²) in [5.41, 5.74) is 1.79. The van der Waals surface area contributed by atoms with Gasteiger partial charge in [0, 0.05) is 44.0 Å². The smallest absolute Gasteiger partial charge is 0.258 e. The van der Waals surface area contributed by atoms with Crippen LogP contribution in [0.3, 0.4) is 0 Å². The van der Waals surface area contributed by atoms with Crippen LogP contribution in [-0.2, 0) is 10.0 Å². The molecule has 3 aliphatic rings. The average Bonchev–Trinajstić information content (AvgIpc) is 3.28. The van der Waals surface area contributed by atoms with Crippen LogP contribution in [0.2, 0.25) is 0 Å². The van der Waals surface area contributed by atoms with Gasteiger partial charge < -0.3 is 15.5 Å². The van der Waals surface area contributed by atoms with Crippen molar-refractivity contribution in [2.24, 2.45) is 0 Å². The standard InChI is InChI=1S/C20H25N7O2S/c28-30(29)12-7-15-13-23-20(25-19(15)27(30)16-3-1-2-4-16)24-18-6-5-17(14-22-18)26-10-8-21-9-11-26/h5-7,12-14,16,21H,1-4,8-11H2,(H,22,23,24,25). The Balaban J connectivity index is 1.39. The quantitative estimate of drug-likeness (QED) is 0.765. The highest BCUT2D eigenvalue weighted by atomic mass is 32.2. The van der Waals surface area contributed by atoms with Crippen molar-refractivity contribution in [2.45, 2.75) is 31.7 Å². The van der Waals surface area contributed by atoms with Crippen LogP contribution in [0, 0.1) is 0 Å². The Labute approximate surface area is 176 Å². The molecule has 2 aromatic heterocycles. The molecule has 158 valence electrons. The van der Waals surface area contributed by atoms with Gasteiger partial charge in [-0.15, -0.1) is 0 Å². The van der Waals surface area contributed by atoms with E-state index in [0.29, 0.717) is 23.1 Å². The SMILES string of the molecule is O=S1(=O)C=Cc2cnc(Nc3ccc(N4CCNCC4)cn3)nc2N1C1CCCC1. The van der Waals surface area contributed by atoms with Crippen molar-refractivity contribution in [1.82, 2.24) is 20.3 Å². The first-order valence-corrected chi connectivity index (χ1v) is 11.9. The van der Waals surface area contributed by atoms with Crippen molar-refractivity contribution in [2.75, 3.05) is 40.7 Å². The molecule has 30 heavy (non-hydrogen) atoms. The third kappa shape index (κ3) is 3.72. The molecular formula is C20H25N7O2S. The first kappa shape index (κ1) is 19.3. The highest BCUT2D eigenvalue weighted by molar-refractivity contribution is 7.95. The zero-order valence-electron chi connectivity index (χ0n) is 16.7. The fraction of sp³-hybridized carbons (Fsp3) is 0.450. The molecule has 1 saturated carbocycles. The molecular weight excluding hydrogens is 402 g/mol. The number of hydrogen-bond acceptors (Lipinski definition) is 8. The molecule has 0 atom stereocenters. The minimum absolute atomic E-state index is 0.0436. The van der Waals surface area contributed by atoms with E-state index < -0.39 is 10.0 Å². The van der Waals surface area contributed by atoms with Crippen molar-refractivity contribution in [1.29, 1.82) is 0 Å². The summed E-state index contributed by atoms with van der Waals surface area (Å²) in [6.07, 6.45) is 8.85. The molecule has 0 amide bonds. The number of hydrogen-bond donors (Lipinski definition) is 2. The minimum atomic E-state index is -3.52. The van der Waals surface area contributed by atoms with Crippen molar-refractivity contribution < 1.29 is 8.42 Å². The van der Waals surface area contributed by atoms with E-state index in [4.69, 9.17) is 0 Å². The molecule has 2 aromatic rings. The second kappa shape index (κ2) is 7.84. The van der Waals surface area contributed by atoms with Gasteiger partial charge in [-0.3, -0.25) is 0 Å². The molecule has 0 unspecified atom stereocenters. The second-order valence-corrected chi connectivity index (χ2v) is 9.51. The fourth-order valence-electron chi connectivity index (χ4n) is 4.29. The fourth-order valence-corrected chi connectivity index (χ4v) is 5.75. The molecule has 0 radical (unpaired) electrons. The van der Waals surface area contributed by atoms with E-state index in [1.54, 1.807) is 12.3 Å². The third-order valence-electron chi connectivity index (χ3n) is 5.82. The Morgan fingerprint density at radius 2 is 1.87 bits per heavy atom. The lowest BCUT2D eigenvalue weighted by Gasteiger charge is -2.31. The number of rotatable bonds is 4. The number of piperazine rings is 1. The summed E-state index contributed by atoms with van der Waals surface area (Å²) in [4.78, 5) is 15.7. The first-order valence-electron chi connectivity index (χ1n) is 10.4. The molecule has 1 aliphatic carbocycles. The normalized spacial score (nSPS) is 20.9. The number of pyridine rings is 1. The summed E-state index contributed by atoms with van der Waals surface area (Å²) in [5.74, 6) is 1.40. The van der Waals surface area contributed by atoms with Crippen LogP contribution in [-0.4, -0.2) is 55.6 Å². The van der Waals surface area contributed by atoms with Crippen LogP contribution >= 0.6 is 0 Å². The Hall–Kier alpha value is -2.72. The number of aromatic nitrogens is 3. The van der Waals surface area contributed by atoms with E-state index in [0.717, 1.165) is 57.5 Å². The van der Waals surface area contributed by atoms with Crippen molar-refractivity contribution >= 4 is 39.4 Å². The molecule has 0 bridgehead atoms. The van der Waals surface area contributed by atoms with Crippen LogP contribution in [0.15, 0.2) is 29.9 Å². The average molecular weight is 428 g/mol. The van der Waals surface area contributed by atoms with E-state index in [1.807, 2.05) is 18.3 Å². The molecule has 0 aromatic carbocycles. The number of nitrogens with zero attached hydrogens (tertiary/aromatic N) is 5. The summed E-state index contributed by atoms with van der Waals surface area (Å²) < 4.78 is 26.9. The van der Waals surface area contributed by atoms with Crippen LogP contribution in [0.5, 0.6) is 0 Å². The van der Waals surface area contributed by atoms with Gasteiger partial charge in [-0.1, -0.05) is 12.8 Å². The molecule has 5 rings (SSSR count). The lowest BCUT2D eigenvalue weighted by Crippen LogP contribution is -2.43. The van der Waals surface area contributed by atoms with Gasteiger partial charge in [0.2, 0.25) is 5.95 Å². The number of fused-ring (bicyclic) bond motifs is 1. The maximum Gasteiger partial charge on any atom is 0.258 e. The van der Waals surface area contributed by atoms with Gasteiger partial charge in [-0.2, -0.15) is 4.98 Å². The van der Waals surface area contributed by atoms with Gasteiger partial charge in [0.05, 0.1) is 17.3 Å². The largest absolute Gasteiger partial charge is 0.368 e. The van der Waals surface area contributed by atoms with E-state index in [-0.39, 0.29) is 6.04 Å². The summed E-state index contributed by atoms with van der Waals surface area (Å²) in [6.45, 7) is 3.86. The molecule has 2 N–H and O–H groups in total. The van der Waals surface area contributed by atoms with Gasteiger partial charge in [0.1, 0.15) is 5.82 Å². The highest BCUT2D eigenvalue weighted by Gasteiger charge is 2.35. The lowest BCUT2D eigenvalue weighted by atomic mass is 10.2. The first-order chi connectivity index (χ1) is 14.6. The molecule has 2 aliphatic heterocycles. The third-order valence-corrected chi connectivity index (χ3v) is 7.32. The van der Waals surface area contributed by atoms with Gasteiger partial charge in [0.15, 0.2) is 5.82 Å². The van der Waals surface area contributed by atoms with Gasteiger partial charge in [-0.05, 0) is 31.1 Å². The molecule has 0 spiro atoms. The highest BCUT2D eigenvalue weighted by Crippen LogP contribution is 2.36.